The van der Waals surface area contributed by atoms with E-state index in [4.69, 9.17) is 9.88 Å². The number of hydrogen-bond acceptors (Lipinski definition) is 7. The van der Waals surface area contributed by atoms with Crippen molar-refractivity contribution < 1.29 is 14.3 Å². The van der Waals surface area contributed by atoms with E-state index in [0.29, 0.717) is 17.1 Å². The number of ether oxygens (including phenoxy) is 1. The smallest absolute Gasteiger partial charge is 0.341 e. The number of anilines is 1. The summed E-state index contributed by atoms with van der Waals surface area (Å²) in [5.74, 6) is 0.0659. The van der Waals surface area contributed by atoms with Gasteiger partial charge in [-0.2, -0.15) is 0 Å². The van der Waals surface area contributed by atoms with Crippen molar-refractivity contribution in [1.82, 2.24) is 5.32 Å². The average Bonchev–Trinajstić information content (AvgIpc) is 3.03. The summed E-state index contributed by atoms with van der Waals surface area (Å²) in [5.41, 5.74) is 1.35. The van der Waals surface area contributed by atoms with Crippen molar-refractivity contribution in [3.63, 3.8) is 0 Å². The highest BCUT2D eigenvalue weighted by Crippen LogP contribution is 2.35. The zero-order valence-corrected chi connectivity index (χ0v) is 15.5. The summed E-state index contributed by atoms with van der Waals surface area (Å²) in [4.78, 5) is 25.2. The van der Waals surface area contributed by atoms with Gasteiger partial charge in [-0.25, -0.2) is 4.79 Å². The van der Waals surface area contributed by atoms with Crippen molar-refractivity contribution in [3.8, 4) is 10.4 Å². The van der Waals surface area contributed by atoms with Crippen molar-refractivity contribution in [1.29, 1.82) is 0 Å². The van der Waals surface area contributed by atoms with Gasteiger partial charge in [0, 0.05) is 17.2 Å². The van der Waals surface area contributed by atoms with Crippen LogP contribution < -0.4 is 15.8 Å². The molecule has 6 nitrogen and oxygen atoms in total. The minimum atomic E-state index is -0.441. The van der Waals surface area contributed by atoms with Gasteiger partial charge in [0.2, 0.25) is 5.91 Å². The van der Waals surface area contributed by atoms with Crippen LogP contribution in [0.1, 0.15) is 17.3 Å². The Kier molecular flexibility index (Phi) is 7.93. The quantitative estimate of drug-likeness (QED) is 0.352. The Balaban J connectivity index is 2.15. The molecule has 4 N–H and O–H groups in total. The lowest BCUT2D eigenvalue weighted by Gasteiger charge is -2.06. The van der Waals surface area contributed by atoms with Crippen molar-refractivity contribution in [2.45, 2.75) is 6.92 Å². The van der Waals surface area contributed by atoms with Gasteiger partial charge in [0.05, 0.1) is 18.7 Å². The van der Waals surface area contributed by atoms with Gasteiger partial charge in [-0.05, 0) is 18.6 Å². The third-order valence-electron chi connectivity index (χ3n) is 3.22. The van der Waals surface area contributed by atoms with E-state index in [1.54, 1.807) is 13.0 Å². The van der Waals surface area contributed by atoms with Crippen LogP contribution in [0.25, 0.3) is 10.4 Å². The van der Waals surface area contributed by atoms with E-state index < -0.39 is 5.97 Å². The number of amides is 1. The summed E-state index contributed by atoms with van der Waals surface area (Å²) in [7, 11) is 0. The van der Waals surface area contributed by atoms with E-state index in [-0.39, 0.29) is 19.1 Å². The molecule has 134 valence electrons. The molecule has 2 rings (SSSR count). The number of carbonyl (C=O) groups excluding carboxylic acids is 2. The predicted octanol–water partition coefficient (Wildman–Crippen LogP) is 2.73. The van der Waals surface area contributed by atoms with Crippen LogP contribution in [0.15, 0.2) is 36.4 Å². The van der Waals surface area contributed by atoms with E-state index in [1.807, 2.05) is 30.3 Å². The molecule has 1 aromatic carbocycles. The summed E-state index contributed by atoms with van der Waals surface area (Å²) in [6.45, 7) is 2.82. The largest absolute Gasteiger partial charge is 0.462 e. The number of hydrogen-bond donors (Lipinski definition) is 3. The average molecular weight is 380 g/mol. The van der Waals surface area contributed by atoms with Crippen LogP contribution in [0.3, 0.4) is 0 Å². The summed E-state index contributed by atoms with van der Waals surface area (Å²) >= 11 is 2.57. The Morgan fingerprint density at radius 2 is 2.04 bits per heavy atom. The first-order valence-corrected chi connectivity index (χ1v) is 9.70. The maximum absolute atomic E-state index is 12.2. The van der Waals surface area contributed by atoms with Crippen LogP contribution in [0.2, 0.25) is 0 Å². The SMILES string of the molecule is CCOC(=O)c1cc(-c2ccccc2)sc1NC(=O)CNCCSN. The summed E-state index contributed by atoms with van der Waals surface area (Å²) in [5, 5.41) is 11.6. The molecule has 0 unspecified atom stereocenters. The molecule has 0 bridgehead atoms. The highest BCUT2D eigenvalue weighted by molar-refractivity contribution is 7.97. The number of carbonyl (C=O) groups is 2. The van der Waals surface area contributed by atoms with Crippen molar-refractivity contribution >= 4 is 40.2 Å². The Morgan fingerprint density at radius 1 is 1.28 bits per heavy atom. The number of nitrogens with two attached hydrogens (primary N) is 1. The highest BCUT2D eigenvalue weighted by atomic mass is 32.2. The fraction of sp³-hybridized carbons (Fsp3) is 0.294. The minimum absolute atomic E-state index is 0.154. The fourth-order valence-electron chi connectivity index (χ4n) is 2.09. The van der Waals surface area contributed by atoms with E-state index in [2.05, 4.69) is 10.6 Å². The molecule has 0 spiro atoms. The Hall–Kier alpha value is -1.87. The summed E-state index contributed by atoms with van der Waals surface area (Å²) in [6, 6.07) is 11.5. The van der Waals surface area contributed by atoms with Crippen LogP contribution in [-0.4, -0.2) is 37.3 Å². The predicted molar refractivity (Wildman–Crippen MR) is 104 cm³/mol. The first-order valence-electron chi connectivity index (χ1n) is 7.84. The lowest BCUT2D eigenvalue weighted by Crippen LogP contribution is -2.30. The molecule has 0 fully saturated rings. The molecule has 8 heteroatoms. The molecule has 1 heterocycles. The lowest BCUT2D eigenvalue weighted by molar-refractivity contribution is -0.115. The monoisotopic (exact) mass is 379 g/mol. The second-order valence-corrected chi connectivity index (χ2v) is 6.83. The van der Waals surface area contributed by atoms with E-state index in [0.717, 1.165) is 16.2 Å². The molecule has 2 aromatic rings. The van der Waals surface area contributed by atoms with Crippen LogP contribution in [0.4, 0.5) is 5.00 Å². The summed E-state index contributed by atoms with van der Waals surface area (Å²) < 4.78 is 5.10. The number of esters is 1. The van der Waals surface area contributed by atoms with Crippen LogP contribution >= 0.6 is 23.3 Å². The topological polar surface area (TPSA) is 93.4 Å². The van der Waals surface area contributed by atoms with Gasteiger partial charge in [0.25, 0.3) is 0 Å². The molecule has 0 radical (unpaired) electrons. The molecule has 0 aliphatic carbocycles. The lowest BCUT2D eigenvalue weighted by atomic mass is 10.1. The fourth-order valence-corrected chi connectivity index (χ4v) is 3.42. The number of nitrogens with one attached hydrogen (secondary N) is 2. The molecule has 0 aliphatic rings. The molecule has 0 atom stereocenters. The van der Waals surface area contributed by atoms with Crippen molar-refractivity contribution in [2.24, 2.45) is 5.14 Å². The Morgan fingerprint density at radius 3 is 2.72 bits per heavy atom. The zero-order chi connectivity index (χ0) is 18.1. The molecule has 0 saturated heterocycles. The van der Waals surface area contributed by atoms with Crippen LogP contribution in [0, 0.1) is 0 Å². The maximum Gasteiger partial charge on any atom is 0.341 e. The summed E-state index contributed by atoms with van der Waals surface area (Å²) in [6.07, 6.45) is 0. The number of benzene rings is 1. The van der Waals surface area contributed by atoms with Gasteiger partial charge in [0.1, 0.15) is 5.00 Å². The van der Waals surface area contributed by atoms with E-state index in [1.165, 1.54) is 23.3 Å². The van der Waals surface area contributed by atoms with Gasteiger partial charge >= 0.3 is 5.97 Å². The van der Waals surface area contributed by atoms with E-state index >= 15 is 0 Å². The maximum atomic E-state index is 12.2. The van der Waals surface area contributed by atoms with Crippen molar-refractivity contribution in [2.75, 3.05) is 30.8 Å². The van der Waals surface area contributed by atoms with Crippen LogP contribution in [0.5, 0.6) is 0 Å². The number of thiophene rings is 1. The first kappa shape index (κ1) is 19.5. The van der Waals surface area contributed by atoms with Gasteiger partial charge in [-0.1, -0.05) is 42.3 Å². The molecular formula is C17H21N3O3S2. The molecule has 1 amide bonds. The minimum Gasteiger partial charge on any atom is -0.462 e. The second kappa shape index (κ2) is 10.2. The van der Waals surface area contributed by atoms with Gasteiger partial charge in [0.15, 0.2) is 0 Å². The first-order chi connectivity index (χ1) is 12.2. The molecule has 25 heavy (non-hydrogen) atoms. The molecule has 0 aliphatic heterocycles. The molecule has 0 saturated carbocycles. The number of rotatable bonds is 9. The van der Waals surface area contributed by atoms with E-state index in [9.17, 15) is 9.59 Å². The Bertz CT molecular complexity index is 704. The highest BCUT2D eigenvalue weighted by Gasteiger charge is 2.19. The third-order valence-corrected chi connectivity index (χ3v) is 4.76. The van der Waals surface area contributed by atoms with Crippen LogP contribution in [-0.2, 0) is 9.53 Å². The zero-order valence-electron chi connectivity index (χ0n) is 13.9. The van der Waals surface area contributed by atoms with Gasteiger partial charge < -0.3 is 15.4 Å². The van der Waals surface area contributed by atoms with Gasteiger partial charge in [-0.15, -0.1) is 11.3 Å². The van der Waals surface area contributed by atoms with Crippen molar-refractivity contribution in [3.05, 3.63) is 42.0 Å². The molecular weight excluding hydrogens is 358 g/mol. The molecule has 1 aromatic heterocycles. The Labute approximate surface area is 155 Å². The normalized spacial score (nSPS) is 10.5. The standard InChI is InChI=1S/C17H21N3O3S2/c1-2-23-17(22)13-10-14(12-6-4-3-5-7-12)25-16(13)20-15(21)11-19-8-9-24-18/h3-7,10,19H,2,8-9,11,18H2,1H3,(H,20,21). The third kappa shape index (κ3) is 5.86. The second-order valence-electron chi connectivity index (χ2n) is 5.04. The van der Waals surface area contributed by atoms with Gasteiger partial charge in [-0.3, -0.25) is 9.93 Å².